The summed E-state index contributed by atoms with van der Waals surface area (Å²) in [5.41, 5.74) is -1.83. The lowest BCUT2D eigenvalue weighted by Crippen LogP contribution is -2.45. The van der Waals surface area contributed by atoms with E-state index in [9.17, 15) is 22.7 Å². The van der Waals surface area contributed by atoms with Gasteiger partial charge in [0.15, 0.2) is 0 Å². The Kier molecular flexibility index (Phi) is 5.09. The number of ether oxygens (including phenoxy) is 1. The molecule has 0 bridgehead atoms. The molecule has 9 heteroatoms. The average Bonchev–Trinajstić information content (AvgIpc) is 3.42. The van der Waals surface area contributed by atoms with E-state index in [0.29, 0.717) is 33.2 Å². The number of hydrogen-bond donors (Lipinski definition) is 1. The Morgan fingerprint density at radius 3 is 2.35 bits per heavy atom. The summed E-state index contributed by atoms with van der Waals surface area (Å²) in [5, 5.41) is 16.4. The van der Waals surface area contributed by atoms with Crippen molar-refractivity contribution in [3.05, 3.63) is 90.5 Å². The highest BCUT2D eigenvalue weighted by Crippen LogP contribution is 2.42. The number of rotatable bonds is 5. The van der Waals surface area contributed by atoms with Gasteiger partial charge in [-0.25, -0.2) is 9.07 Å². The molecule has 0 fully saturated rings. The number of methoxy groups -OCH3 is 1. The zero-order valence-electron chi connectivity index (χ0n) is 17.9. The van der Waals surface area contributed by atoms with Crippen molar-refractivity contribution >= 4 is 21.8 Å². The molecule has 0 spiro atoms. The molecule has 0 amide bonds. The maximum absolute atomic E-state index is 14.3. The van der Waals surface area contributed by atoms with E-state index in [4.69, 9.17) is 4.74 Å². The molecule has 1 atom stereocenters. The number of hydrogen-bond acceptors (Lipinski definition) is 3. The second-order valence-corrected chi connectivity index (χ2v) is 8.03. The third kappa shape index (κ3) is 3.58. The first-order valence-electron chi connectivity index (χ1n) is 10.4. The third-order valence-corrected chi connectivity index (χ3v) is 5.96. The normalized spacial score (nSPS) is 13.9. The molecule has 0 aliphatic carbocycles. The van der Waals surface area contributed by atoms with Crippen LogP contribution in [-0.4, -0.2) is 32.7 Å². The Morgan fingerprint density at radius 1 is 0.912 bits per heavy atom. The van der Waals surface area contributed by atoms with E-state index in [1.807, 2.05) is 0 Å². The first-order chi connectivity index (χ1) is 16.2. The monoisotopic (exact) mass is 469 g/mol. The van der Waals surface area contributed by atoms with Crippen LogP contribution in [0.4, 0.5) is 17.6 Å². The minimum atomic E-state index is -4.95. The topological polar surface area (TPSA) is 52.2 Å². The maximum atomic E-state index is 14.3. The Labute approximate surface area is 191 Å². The van der Waals surface area contributed by atoms with Gasteiger partial charge in [-0.2, -0.15) is 18.3 Å². The molecule has 2 aromatic heterocycles. The number of aliphatic hydroxyl groups is 1. The highest BCUT2D eigenvalue weighted by atomic mass is 19.4. The van der Waals surface area contributed by atoms with Gasteiger partial charge in [-0.1, -0.05) is 6.07 Å². The van der Waals surface area contributed by atoms with E-state index in [1.165, 1.54) is 71.2 Å². The van der Waals surface area contributed by atoms with Crippen LogP contribution < -0.4 is 4.74 Å². The van der Waals surface area contributed by atoms with Crippen molar-refractivity contribution in [2.24, 2.45) is 0 Å². The molecule has 0 radical (unpaired) electrons. The van der Waals surface area contributed by atoms with Crippen molar-refractivity contribution in [2.45, 2.75) is 18.3 Å². The van der Waals surface area contributed by atoms with Crippen LogP contribution in [0.5, 0.6) is 5.75 Å². The minimum Gasteiger partial charge on any atom is -0.497 e. The standard InChI is InChI=1S/C25H19F4N3O2/c1-34-21-7-9-22-16(13-21)10-11-31(22)15-24(33,25(27,28)29)18-2-8-23-17(12-18)14-30-32(23)20-5-3-19(26)4-6-20/h2-14,33H,15H2,1H3. The lowest BCUT2D eigenvalue weighted by Gasteiger charge is -2.32. The Morgan fingerprint density at radius 2 is 1.65 bits per heavy atom. The van der Waals surface area contributed by atoms with Gasteiger partial charge in [0.1, 0.15) is 11.6 Å². The van der Waals surface area contributed by atoms with Crippen LogP contribution in [0.15, 0.2) is 79.1 Å². The summed E-state index contributed by atoms with van der Waals surface area (Å²) in [5.74, 6) is 0.175. The van der Waals surface area contributed by atoms with Gasteiger partial charge in [0.2, 0.25) is 5.60 Å². The fourth-order valence-corrected chi connectivity index (χ4v) is 4.11. The molecule has 3 aromatic carbocycles. The number of aromatic nitrogens is 3. The van der Waals surface area contributed by atoms with Crippen LogP contribution in [0.2, 0.25) is 0 Å². The molecule has 0 saturated carbocycles. The Balaban J connectivity index is 1.57. The second-order valence-electron chi connectivity index (χ2n) is 8.03. The number of benzene rings is 3. The summed E-state index contributed by atoms with van der Waals surface area (Å²) < 4.78 is 64.1. The number of nitrogens with zero attached hydrogens (tertiary/aromatic N) is 3. The molecule has 2 heterocycles. The van der Waals surface area contributed by atoms with Gasteiger partial charge >= 0.3 is 6.18 Å². The van der Waals surface area contributed by atoms with Gasteiger partial charge < -0.3 is 14.4 Å². The van der Waals surface area contributed by atoms with Crippen LogP contribution in [0.3, 0.4) is 0 Å². The number of alkyl halides is 3. The zero-order valence-corrected chi connectivity index (χ0v) is 17.9. The molecule has 5 nitrogen and oxygen atoms in total. The lowest BCUT2D eigenvalue weighted by molar-refractivity contribution is -0.271. The molecule has 34 heavy (non-hydrogen) atoms. The summed E-state index contributed by atoms with van der Waals surface area (Å²) >= 11 is 0. The van der Waals surface area contributed by atoms with E-state index < -0.39 is 24.1 Å². The molecule has 0 saturated heterocycles. The predicted molar refractivity (Wildman–Crippen MR) is 119 cm³/mol. The highest BCUT2D eigenvalue weighted by molar-refractivity contribution is 5.82. The smallest absolute Gasteiger partial charge is 0.423 e. The Hall–Kier alpha value is -3.85. The largest absolute Gasteiger partial charge is 0.497 e. The van der Waals surface area contributed by atoms with Crippen molar-refractivity contribution in [3.8, 4) is 11.4 Å². The van der Waals surface area contributed by atoms with Gasteiger partial charge in [-0.05, 0) is 66.2 Å². The van der Waals surface area contributed by atoms with Crippen molar-refractivity contribution in [1.82, 2.24) is 14.3 Å². The predicted octanol–water partition coefficient (Wildman–Crippen LogP) is 5.58. The molecule has 1 unspecified atom stereocenters. The van der Waals surface area contributed by atoms with E-state index in [-0.39, 0.29) is 5.56 Å². The molecule has 5 rings (SSSR count). The molecule has 5 aromatic rings. The van der Waals surface area contributed by atoms with E-state index in [2.05, 4.69) is 5.10 Å². The SMILES string of the molecule is COc1ccc2c(ccn2CC(O)(c2ccc3c(cnn3-c3ccc(F)cc3)c2)C(F)(F)F)c1. The second kappa shape index (κ2) is 7.88. The lowest BCUT2D eigenvalue weighted by atomic mass is 9.91. The zero-order chi connectivity index (χ0) is 24.1. The fourth-order valence-electron chi connectivity index (χ4n) is 4.11. The van der Waals surface area contributed by atoms with Crippen molar-refractivity contribution in [3.63, 3.8) is 0 Å². The first-order valence-corrected chi connectivity index (χ1v) is 10.4. The summed E-state index contributed by atoms with van der Waals surface area (Å²) in [6.45, 7) is -0.732. The summed E-state index contributed by atoms with van der Waals surface area (Å²) in [7, 11) is 1.51. The quantitative estimate of drug-likeness (QED) is 0.342. The fraction of sp³-hybridized carbons (Fsp3) is 0.160. The van der Waals surface area contributed by atoms with Gasteiger partial charge in [-0.15, -0.1) is 0 Å². The van der Waals surface area contributed by atoms with Crippen LogP contribution in [0.1, 0.15) is 5.56 Å². The van der Waals surface area contributed by atoms with Crippen molar-refractivity contribution in [1.29, 1.82) is 0 Å². The van der Waals surface area contributed by atoms with Gasteiger partial charge in [0.25, 0.3) is 0 Å². The van der Waals surface area contributed by atoms with E-state index in [0.717, 1.165) is 0 Å². The van der Waals surface area contributed by atoms with Crippen LogP contribution in [-0.2, 0) is 12.1 Å². The molecular formula is C25H19F4N3O2. The van der Waals surface area contributed by atoms with Gasteiger partial charge in [-0.3, -0.25) is 0 Å². The van der Waals surface area contributed by atoms with Gasteiger partial charge in [0, 0.05) is 22.5 Å². The average molecular weight is 469 g/mol. The molecule has 0 aliphatic rings. The molecule has 1 N–H and O–H groups in total. The minimum absolute atomic E-state index is 0.304. The maximum Gasteiger partial charge on any atom is 0.423 e. The van der Waals surface area contributed by atoms with Gasteiger partial charge in [0.05, 0.1) is 31.1 Å². The summed E-state index contributed by atoms with van der Waals surface area (Å²) in [6.07, 6.45) is -2.03. The Bertz CT molecular complexity index is 1490. The van der Waals surface area contributed by atoms with Crippen LogP contribution in [0.25, 0.3) is 27.5 Å². The summed E-state index contributed by atoms with van der Waals surface area (Å²) in [4.78, 5) is 0. The number of fused-ring (bicyclic) bond motifs is 2. The van der Waals surface area contributed by atoms with Crippen LogP contribution >= 0.6 is 0 Å². The first kappa shape index (κ1) is 22.0. The molecule has 0 aliphatic heterocycles. The number of halogens is 4. The van der Waals surface area contributed by atoms with Crippen molar-refractivity contribution < 1.29 is 27.4 Å². The van der Waals surface area contributed by atoms with E-state index >= 15 is 0 Å². The van der Waals surface area contributed by atoms with E-state index in [1.54, 1.807) is 24.3 Å². The summed E-state index contributed by atoms with van der Waals surface area (Å²) in [6, 6.07) is 16.3. The molecular weight excluding hydrogens is 450 g/mol. The van der Waals surface area contributed by atoms with Crippen LogP contribution in [0, 0.1) is 5.82 Å². The molecule has 174 valence electrons. The van der Waals surface area contributed by atoms with Crippen molar-refractivity contribution in [2.75, 3.05) is 7.11 Å². The highest BCUT2D eigenvalue weighted by Gasteiger charge is 2.55. The third-order valence-electron chi connectivity index (χ3n) is 5.96.